The SMILES string of the molecule is CCn1ncc(Br)c1C(=O)NCC(=O)C(C)(C)C. The zero-order valence-corrected chi connectivity index (χ0v) is 12.7. The molecule has 18 heavy (non-hydrogen) atoms. The zero-order chi connectivity index (χ0) is 13.9. The molecule has 1 aromatic heterocycles. The fourth-order valence-electron chi connectivity index (χ4n) is 1.34. The first-order valence-electron chi connectivity index (χ1n) is 5.80. The Kier molecular flexibility index (Phi) is 4.67. The van der Waals surface area contributed by atoms with Crippen molar-refractivity contribution in [3.8, 4) is 0 Å². The van der Waals surface area contributed by atoms with Crippen LogP contribution in [0.1, 0.15) is 38.2 Å². The standard InChI is InChI=1S/C12H18BrN3O2/c1-5-16-10(8(13)6-15-16)11(18)14-7-9(17)12(2,3)4/h6H,5,7H2,1-4H3,(H,14,18). The van der Waals surface area contributed by atoms with Gasteiger partial charge in [0.05, 0.1) is 17.2 Å². The van der Waals surface area contributed by atoms with Crippen molar-refractivity contribution in [3.05, 3.63) is 16.4 Å². The van der Waals surface area contributed by atoms with E-state index in [0.29, 0.717) is 16.7 Å². The second kappa shape index (κ2) is 5.65. The maximum atomic E-state index is 12.0. The normalized spacial score (nSPS) is 11.4. The van der Waals surface area contributed by atoms with E-state index in [4.69, 9.17) is 0 Å². The number of halogens is 1. The summed E-state index contributed by atoms with van der Waals surface area (Å²) in [7, 11) is 0. The van der Waals surface area contributed by atoms with Gasteiger partial charge in [0.2, 0.25) is 0 Å². The first kappa shape index (κ1) is 14.9. The highest BCUT2D eigenvalue weighted by Crippen LogP contribution is 2.16. The van der Waals surface area contributed by atoms with Crippen molar-refractivity contribution in [1.29, 1.82) is 0 Å². The second-order valence-electron chi connectivity index (χ2n) is 5.01. The first-order chi connectivity index (χ1) is 8.27. The van der Waals surface area contributed by atoms with Gasteiger partial charge in [0.15, 0.2) is 5.78 Å². The van der Waals surface area contributed by atoms with E-state index in [9.17, 15) is 9.59 Å². The van der Waals surface area contributed by atoms with Crippen molar-refractivity contribution in [3.63, 3.8) is 0 Å². The fraction of sp³-hybridized carbons (Fsp3) is 0.583. The quantitative estimate of drug-likeness (QED) is 0.924. The average molecular weight is 316 g/mol. The van der Waals surface area contributed by atoms with Gasteiger partial charge in [-0.15, -0.1) is 0 Å². The van der Waals surface area contributed by atoms with E-state index >= 15 is 0 Å². The molecule has 1 heterocycles. The van der Waals surface area contributed by atoms with Crippen LogP contribution in [0.3, 0.4) is 0 Å². The molecule has 0 fully saturated rings. The number of hydrogen-bond donors (Lipinski definition) is 1. The molecule has 0 aliphatic heterocycles. The summed E-state index contributed by atoms with van der Waals surface area (Å²) >= 11 is 3.28. The van der Waals surface area contributed by atoms with Crippen molar-refractivity contribution in [2.75, 3.05) is 6.54 Å². The molecule has 0 atom stereocenters. The van der Waals surface area contributed by atoms with Gasteiger partial charge < -0.3 is 5.32 Å². The Balaban J connectivity index is 2.72. The summed E-state index contributed by atoms with van der Waals surface area (Å²) in [6.07, 6.45) is 1.57. The number of nitrogens with zero attached hydrogens (tertiary/aromatic N) is 2. The molecule has 5 nitrogen and oxygen atoms in total. The summed E-state index contributed by atoms with van der Waals surface area (Å²) in [4.78, 5) is 23.7. The molecule has 100 valence electrons. The third-order valence-corrected chi connectivity index (χ3v) is 3.14. The van der Waals surface area contributed by atoms with E-state index < -0.39 is 5.41 Å². The lowest BCUT2D eigenvalue weighted by Crippen LogP contribution is -2.36. The number of carbonyl (C=O) groups is 2. The van der Waals surface area contributed by atoms with Crippen LogP contribution in [-0.2, 0) is 11.3 Å². The largest absolute Gasteiger partial charge is 0.344 e. The molecule has 0 unspecified atom stereocenters. The maximum Gasteiger partial charge on any atom is 0.271 e. The van der Waals surface area contributed by atoms with Gasteiger partial charge in [-0.2, -0.15) is 5.10 Å². The lowest BCUT2D eigenvalue weighted by molar-refractivity contribution is -0.125. The topological polar surface area (TPSA) is 64.0 Å². The predicted molar refractivity (Wildman–Crippen MR) is 72.4 cm³/mol. The van der Waals surface area contributed by atoms with Crippen LogP contribution >= 0.6 is 15.9 Å². The minimum Gasteiger partial charge on any atom is -0.344 e. The third kappa shape index (κ3) is 3.41. The summed E-state index contributed by atoms with van der Waals surface area (Å²) in [6.45, 7) is 8.01. The molecule has 1 rings (SSSR count). The Hall–Kier alpha value is -1.17. The van der Waals surface area contributed by atoms with E-state index in [1.54, 1.807) is 10.9 Å². The van der Waals surface area contributed by atoms with Gasteiger partial charge in [-0.3, -0.25) is 14.3 Å². The van der Waals surface area contributed by atoms with Crippen molar-refractivity contribution < 1.29 is 9.59 Å². The smallest absolute Gasteiger partial charge is 0.271 e. The molecule has 0 saturated carbocycles. The summed E-state index contributed by atoms with van der Waals surface area (Å²) < 4.78 is 2.21. The monoisotopic (exact) mass is 315 g/mol. The number of carbonyl (C=O) groups excluding carboxylic acids is 2. The summed E-state index contributed by atoms with van der Waals surface area (Å²) in [5.74, 6) is -0.298. The Morgan fingerprint density at radius 3 is 2.56 bits per heavy atom. The van der Waals surface area contributed by atoms with Gasteiger partial charge in [-0.05, 0) is 22.9 Å². The number of hydrogen-bond acceptors (Lipinski definition) is 3. The highest BCUT2D eigenvalue weighted by molar-refractivity contribution is 9.10. The van der Waals surface area contributed by atoms with Crippen LogP contribution in [0.15, 0.2) is 10.7 Å². The van der Waals surface area contributed by atoms with E-state index in [0.717, 1.165) is 0 Å². The number of nitrogens with one attached hydrogen (secondary N) is 1. The number of aryl methyl sites for hydroxylation is 1. The summed E-state index contributed by atoms with van der Waals surface area (Å²) in [5, 5.41) is 6.68. The number of Topliss-reactive ketones (excluding diaryl/α,β-unsaturated/α-hetero) is 1. The van der Waals surface area contributed by atoms with Crippen LogP contribution in [0, 0.1) is 5.41 Å². The molecule has 0 aliphatic carbocycles. The molecule has 1 N–H and O–H groups in total. The minimum absolute atomic E-state index is 0.00506. The number of aromatic nitrogens is 2. The Labute approximate surface area is 115 Å². The molecule has 0 aromatic carbocycles. The lowest BCUT2D eigenvalue weighted by atomic mass is 9.91. The third-order valence-electron chi connectivity index (χ3n) is 2.56. The van der Waals surface area contributed by atoms with Crippen LogP contribution in [0.5, 0.6) is 0 Å². The lowest BCUT2D eigenvalue weighted by Gasteiger charge is -2.16. The van der Waals surface area contributed by atoms with Crippen LogP contribution in [0.25, 0.3) is 0 Å². The average Bonchev–Trinajstić information content (AvgIpc) is 2.65. The van der Waals surface area contributed by atoms with Crippen molar-refractivity contribution in [2.24, 2.45) is 5.41 Å². The van der Waals surface area contributed by atoms with E-state index in [2.05, 4.69) is 26.3 Å². The van der Waals surface area contributed by atoms with E-state index in [1.807, 2.05) is 27.7 Å². The van der Waals surface area contributed by atoms with E-state index in [1.165, 1.54) is 0 Å². The summed E-state index contributed by atoms with van der Waals surface area (Å²) in [6, 6.07) is 0. The first-order valence-corrected chi connectivity index (χ1v) is 6.59. The second-order valence-corrected chi connectivity index (χ2v) is 5.87. The summed E-state index contributed by atoms with van der Waals surface area (Å²) in [5.41, 5.74) is -0.00518. The van der Waals surface area contributed by atoms with Gasteiger partial charge in [0, 0.05) is 12.0 Å². The van der Waals surface area contributed by atoms with E-state index in [-0.39, 0.29) is 18.2 Å². The Morgan fingerprint density at radius 1 is 1.44 bits per heavy atom. The highest BCUT2D eigenvalue weighted by atomic mass is 79.9. The number of ketones is 1. The van der Waals surface area contributed by atoms with Crippen molar-refractivity contribution >= 4 is 27.6 Å². The Bertz CT molecular complexity index is 460. The predicted octanol–water partition coefficient (Wildman–Crippen LogP) is 2.01. The van der Waals surface area contributed by atoms with Gasteiger partial charge in [0.25, 0.3) is 5.91 Å². The molecule has 0 radical (unpaired) electrons. The van der Waals surface area contributed by atoms with Crippen LogP contribution < -0.4 is 5.32 Å². The Morgan fingerprint density at radius 2 is 2.06 bits per heavy atom. The number of amides is 1. The van der Waals surface area contributed by atoms with Gasteiger partial charge >= 0.3 is 0 Å². The van der Waals surface area contributed by atoms with Crippen LogP contribution in [-0.4, -0.2) is 28.0 Å². The number of rotatable bonds is 4. The molecule has 6 heteroatoms. The molecular formula is C12H18BrN3O2. The molecule has 1 aromatic rings. The fourth-order valence-corrected chi connectivity index (χ4v) is 1.81. The highest BCUT2D eigenvalue weighted by Gasteiger charge is 2.23. The van der Waals surface area contributed by atoms with Crippen LogP contribution in [0.4, 0.5) is 0 Å². The van der Waals surface area contributed by atoms with Gasteiger partial charge in [-0.1, -0.05) is 20.8 Å². The molecule has 0 spiro atoms. The molecule has 0 bridgehead atoms. The molecule has 0 aliphatic rings. The zero-order valence-electron chi connectivity index (χ0n) is 11.1. The van der Waals surface area contributed by atoms with Crippen molar-refractivity contribution in [1.82, 2.24) is 15.1 Å². The van der Waals surface area contributed by atoms with Crippen molar-refractivity contribution in [2.45, 2.75) is 34.2 Å². The maximum absolute atomic E-state index is 12.0. The van der Waals surface area contributed by atoms with Gasteiger partial charge in [-0.25, -0.2) is 0 Å². The minimum atomic E-state index is -0.449. The van der Waals surface area contributed by atoms with Crippen LogP contribution in [0.2, 0.25) is 0 Å². The molecule has 1 amide bonds. The van der Waals surface area contributed by atoms with Gasteiger partial charge in [0.1, 0.15) is 5.69 Å². The molecule has 0 saturated heterocycles. The molecular weight excluding hydrogens is 298 g/mol.